The fourth-order valence-corrected chi connectivity index (χ4v) is 6.67. The minimum atomic E-state index is -2.87. The first-order valence-electron chi connectivity index (χ1n) is 8.24. The molecule has 0 N–H and O–H groups in total. The molecule has 134 valence electrons. The van der Waals surface area contributed by atoms with E-state index in [0.717, 1.165) is 23.7 Å². The van der Waals surface area contributed by atoms with Crippen LogP contribution in [0.15, 0.2) is 22.2 Å². The van der Waals surface area contributed by atoms with Gasteiger partial charge in [-0.25, -0.2) is 13.4 Å². The van der Waals surface area contributed by atoms with Crippen LogP contribution in [0.4, 0.5) is 0 Å². The molecule has 2 aliphatic rings. The molecule has 2 aromatic heterocycles. The number of piperazine rings is 1. The van der Waals surface area contributed by atoms with Crippen molar-refractivity contribution in [3.05, 3.63) is 27.9 Å². The van der Waals surface area contributed by atoms with Gasteiger partial charge in [-0.2, -0.15) is 11.3 Å². The lowest BCUT2D eigenvalue weighted by atomic mass is 10.2. The molecule has 0 aromatic carbocycles. The predicted molar refractivity (Wildman–Crippen MR) is 100.0 cm³/mol. The number of hydrogen-bond acceptors (Lipinski definition) is 7. The lowest BCUT2D eigenvalue weighted by Crippen LogP contribution is -2.52. The zero-order chi connectivity index (χ0) is 17.4. The number of thiophene rings is 1. The summed E-state index contributed by atoms with van der Waals surface area (Å²) in [5, 5.41) is 6.73. The molecule has 1 amide bonds. The summed E-state index contributed by atoms with van der Waals surface area (Å²) in [6, 6.07) is 2.12. The smallest absolute Gasteiger partial charge is 0.273 e. The summed E-state index contributed by atoms with van der Waals surface area (Å²) in [6.07, 6.45) is 0.715. The van der Waals surface area contributed by atoms with Gasteiger partial charge < -0.3 is 4.90 Å². The monoisotopic (exact) mass is 397 g/mol. The lowest BCUT2D eigenvalue weighted by Gasteiger charge is -2.37. The number of aromatic nitrogens is 1. The van der Waals surface area contributed by atoms with Crippen LogP contribution in [-0.2, 0) is 9.84 Å². The third kappa shape index (κ3) is 3.64. The molecule has 1 atom stereocenters. The summed E-state index contributed by atoms with van der Waals surface area (Å²) in [6.45, 7) is 2.71. The molecule has 2 aromatic rings. The van der Waals surface area contributed by atoms with E-state index in [-0.39, 0.29) is 17.7 Å². The van der Waals surface area contributed by atoms with Gasteiger partial charge in [-0.1, -0.05) is 0 Å². The van der Waals surface area contributed by atoms with Gasteiger partial charge >= 0.3 is 0 Å². The van der Waals surface area contributed by atoms with Gasteiger partial charge in [-0.15, -0.1) is 11.3 Å². The van der Waals surface area contributed by atoms with E-state index in [2.05, 4.69) is 9.88 Å². The number of carbonyl (C=O) groups is 1. The molecule has 25 heavy (non-hydrogen) atoms. The molecule has 0 spiro atoms. The van der Waals surface area contributed by atoms with Gasteiger partial charge in [-0.3, -0.25) is 9.69 Å². The molecule has 0 saturated carbocycles. The Balaban J connectivity index is 1.37. The normalized spacial score (nSPS) is 23.8. The largest absolute Gasteiger partial charge is 0.335 e. The van der Waals surface area contributed by atoms with Crippen LogP contribution in [0, 0.1) is 0 Å². The minimum absolute atomic E-state index is 0.0311. The van der Waals surface area contributed by atoms with Crippen molar-refractivity contribution in [2.24, 2.45) is 0 Å². The number of amides is 1. The van der Waals surface area contributed by atoms with E-state index in [9.17, 15) is 13.2 Å². The number of hydrogen-bond donors (Lipinski definition) is 0. The Hall–Kier alpha value is -1.29. The summed E-state index contributed by atoms with van der Waals surface area (Å²) >= 11 is 3.11. The van der Waals surface area contributed by atoms with E-state index in [4.69, 9.17) is 0 Å². The fraction of sp³-hybridized carbons (Fsp3) is 0.500. The highest BCUT2D eigenvalue weighted by molar-refractivity contribution is 7.91. The third-order valence-corrected chi connectivity index (χ3v) is 8.14. The average Bonchev–Trinajstić information content (AvgIpc) is 3.34. The number of thiazole rings is 1. The minimum Gasteiger partial charge on any atom is -0.335 e. The van der Waals surface area contributed by atoms with Crippen LogP contribution in [0.1, 0.15) is 16.9 Å². The van der Waals surface area contributed by atoms with Crippen LogP contribution in [-0.4, -0.2) is 72.8 Å². The predicted octanol–water partition coefficient (Wildman–Crippen LogP) is 1.82. The van der Waals surface area contributed by atoms with E-state index in [1.807, 2.05) is 27.1 Å². The Kier molecular flexibility index (Phi) is 4.65. The highest BCUT2D eigenvalue weighted by atomic mass is 32.2. The molecule has 2 aliphatic heterocycles. The van der Waals surface area contributed by atoms with Gasteiger partial charge in [0.1, 0.15) is 10.7 Å². The van der Waals surface area contributed by atoms with E-state index in [1.54, 1.807) is 11.3 Å². The SMILES string of the molecule is O=C(c1csc(-c2ccsc2)n1)N1CCN([C@@H]2CCS(=O)(=O)C2)CC1. The molecule has 0 unspecified atom stereocenters. The van der Waals surface area contributed by atoms with Crippen LogP contribution < -0.4 is 0 Å². The van der Waals surface area contributed by atoms with Crippen LogP contribution in [0.25, 0.3) is 10.6 Å². The van der Waals surface area contributed by atoms with Crippen molar-refractivity contribution in [2.45, 2.75) is 12.5 Å². The summed E-state index contributed by atoms with van der Waals surface area (Å²) in [5.41, 5.74) is 1.56. The van der Waals surface area contributed by atoms with Gasteiger partial charge in [0.15, 0.2) is 9.84 Å². The quantitative estimate of drug-likeness (QED) is 0.790. The van der Waals surface area contributed by atoms with E-state index in [0.29, 0.717) is 31.0 Å². The highest BCUT2D eigenvalue weighted by Crippen LogP contribution is 2.26. The van der Waals surface area contributed by atoms with Crippen molar-refractivity contribution in [1.29, 1.82) is 0 Å². The number of nitrogens with zero attached hydrogens (tertiary/aromatic N) is 3. The van der Waals surface area contributed by atoms with Crippen molar-refractivity contribution < 1.29 is 13.2 Å². The van der Waals surface area contributed by atoms with Gasteiger partial charge in [-0.05, 0) is 17.9 Å². The molecule has 2 fully saturated rings. The Bertz CT molecular complexity index is 852. The van der Waals surface area contributed by atoms with E-state index in [1.165, 1.54) is 11.3 Å². The van der Waals surface area contributed by atoms with Gasteiger partial charge in [0.05, 0.1) is 11.5 Å². The fourth-order valence-electron chi connectivity index (χ4n) is 3.41. The summed E-state index contributed by atoms with van der Waals surface area (Å²) < 4.78 is 23.3. The summed E-state index contributed by atoms with van der Waals surface area (Å²) in [7, 11) is -2.87. The molecule has 4 heterocycles. The van der Waals surface area contributed by atoms with Crippen molar-refractivity contribution >= 4 is 38.4 Å². The van der Waals surface area contributed by atoms with Crippen LogP contribution in [0.5, 0.6) is 0 Å². The standard InChI is InChI=1S/C16H19N3O3S3/c20-16(14-10-24-15(17-14)12-1-7-23-9-12)19-5-3-18(4-6-19)13-2-8-25(21,22)11-13/h1,7,9-10,13H,2-6,8,11H2/t13-/m1/s1. The summed E-state index contributed by atoms with van der Waals surface area (Å²) in [5.74, 6) is 0.523. The number of sulfone groups is 1. The molecule has 6 nitrogen and oxygen atoms in total. The van der Waals surface area contributed by atoms with Crippen molar-refractivity contribution in [1.82, 2.24) is 14.8 Å². The molecule has 0 radical (unpaired) electrons. The third-order valence-electron chi connectivity index (χ3n) is 4.82. The maximum absolute atomic E-state index is 12.7. The van der Waals surface area contributed by atoms with Crippen LogP contribution >= 0.6 is 22.7 Å². The first-order chi connectivity index (χ1) is 12.0. The van der Waals surface area contributed by atoms with Crippen LogP contribution in [0.3, 0.4) is 0 Å². The molecule has 0 aliphatic carbocycles. The van der Waals surface area contributed by atoms with Gasteiger partial charge in [0, 0.05) is 48.5 Å². The maximum Gasteiger partial charge on any atom is 0.273 e. The molecular formula is C16H19N3O3S3. The molecular weight excluding hydrogens is 378 g/mol. The van der Waals surface area contributed by atoms with Crippen molar-refractivity contribution in [2.75, 3.05) is 37.7 Å². The second-order valence-electron chi connectivity index (χ2n) is 6.43. The van der Waals surface area contributed by atoms with E-state index < -0.39 is 9.84 Å². The summed E-state index contributed by atoms with van der Waals surface area (Å²) in [4.78, 5) is 21.2. The van der Waals surface area contributed by atoms with E-state index >= 15 is 0 Å². The first-order valence-corrected chi connectivity index (χ1v) is 11.9. The second-order valence-corrected chi connectivity index (χ2v) is 10.3. The van der Waals surface area contributed by atoms with Crippen molar-refractivity contribution in [3.8, 4) is 10.6 Å². The Morgan fingerprint density at radius 3 is 2.64 bits per heavy atom. The zero-order valence-corrected chi connectivity index (χ0v) is 16.1. The Morgan fingerprint density at radius 1 is 1.20 bits per heavy atom. The topological polar surface area (TPSA) is 70.6 Å². The molecule has 2 saturated heterocycles. The maximum atomic E-state index is 12.7. The highest BCUT2D eigenvalue weighted by Gasteiger charge is 2.34. The van der Waals surface area contributed by atoms with Gasteiger partial charge in [0.25, 0.3) is 5.91 Å². The molecule has 9 heteroatoms. The first kappa shape index (κ1) is 17.1. The Morgan fingerprint density at radius 2 is 2.00 bits per heavy atom. The second kappa shape index (κ2) is 6.79. The number of rotatable bonds is 3. The van der Waals surface area contributed by atoms with Gasteiger partial charge in [0.2, 0.25) is 0 Å². The zero-order valence-electron chi connectivity index (χ0n) is 13.6. The lowest BCUT2D eigenvalue weighted by molar-refractivity contribution is 0.0583. The van der Waals surface area contributed by atoms with Crippen LogP contribution in [0.2, 0.25) is 0 Å². The average molecular weight is 398 g/mol. The molecule has 0 bridgehead atoms. The molecule has 4 rings (SSSR count). The Labute approximate surface area is 155 Å². The van der Waals surface area contributed by atoms with Crippen molar-refractivity contribution in [3.63, 3.8) is 0 Å². The number of carbonyl (C=O) groups excluding carboxylic acids is 1.